The van der Waals surface area contributed by atoms with Gasteiger partial charge in [-0.1, -0.05) is 18.2 Å². The van der Waals surface area contributed by atoms with E-state index in [2.05, 4.69) is 15.3 Å². The molecule has 1 aliphatic carbocycles. The van der Waals surface area contributed by atoms with Gasteiger partial charge in [-0.05, 0) is 43.9 Å². The van der Waals surface area contributed by atoms with Gasteiger partial charge in [0.2, 0.25) is 0 Å². The molecule has 2 aromatic rings. The number of nitrogens with one attached hydrogen (secondary N) is 1. The molecule has 0 spiro atoms. The lowest BCUT2D eigenvalue weighted by Gasteiger charge is -2.15. The Kier molecular flexibility index (Phi) is 4.44. The Morgan fingerprint density at radius 3 is 2.80 bits per heavy atom. The number of carbonyl (C=O) groups excluding carboxylic acids is 1. The maximum absolute atomic E-state index is 12.6. The molecule has 1 unspecified atom stereocenters. The van der Waals surface area contributed by atoms with Crippen molar-refractivity contribution in [2.45, 2.75) is 25.3 Å². The molecule has 2 aliphatic rings. The van der Waals surface area contributed by atoms with Gasteiger partial charge in [-0.15, -0.1) is 0 Å². The van der Waals surface area contributed by atoms with Gasteiger partial charge < -0.3 is 15.0 Å². The molecular weight excluding hydrogens is 316 g/mol. The molecular formula is C19H24N4O2. The van der Waals surface area contributed by atoms with Crippen molar-refractivity contribution < 1.29 is 9.53 Å². The first-order valence-corrected chi connectivity index (χ1v) is 8.96. The van der Waals surface area contributed by atoms with Crippen LogP contribution in [0.1, 0.15) is 29.8 Å². The quantitative estimate of drug-likeness (QED) is 0.875. The molecule has 6 heteroatoms. The minimum Gasteiger partial charge on any atom is -0.493 e. The summed E-state index contributed by atoms with van der Waals surface area (Å²) in [7, 11) is 1.56. The molecule has 2 heterocycles. The molecule has 2 fully saturated rings. The van der Waals surface area contributed by atoms with Gasteiger partial charge in [0, 0.05) is 19.1 Å². The minimum atomic E-state index is -0.170. The minimum absolute atomic E-state index is 0.170. The van der Waals surface area contributed by atoms with E-state index in [9.17, 15) is 4.79 Å². The summed E-state index contributed by atoms with van der Waals surface area (Å²) in [6.45, 7) is 2.96. The zero-order chi connectivity index (χ0) is 17.2. The summed E-state index contributed by atoms with van der Waals surface area (Å²) in [5, 5.41) is 7.46. The van der Waals surface area contributed by atoms with Gasteiger partial charge in [-0.25, -0.2) is 4.68 Å². The summed E-state index contributed by atoms with van der Waals surface area (Å²) >= 11 is 0. The molecule has 132 valence electrons. The highest BCUT2D eigenvalue weighted by molar-refractivity contribution is 5.94. The van der Waals surface area contributed by atoms with Gasteiger partial charge in [0.05, 0.1) is 19.0 Å². The van der Waals surface area contributed by atoms with Crippen molar-refractivity contribution in [2.75, 3.05) is 26.7 Å². The SMILES string of the molecule is COc1cn(-c2ccccc2)nc1C(=O)NCC1CCN(C2CC2)C1. The predicted octanol–water partition coefficient (Wildman–Crippen LogP) is 2.09. The number of rotatable bonds is 6. The number of carbonyl (C=O) groups is 1. The highest BCUT2D eigenvalue weighted by atomic mass is 16.5. The van der Waals surface area contributed by atoms with Crippen LogP contribution in [0.15, 0.2) is 36.5 Å². The van der Waals surface area contributed by atoms with Crippen LogP contribution in [0.25, 0.3) is 5.69 Å². The second-order valence-corrected chi connectivity index (χ2v) is 6.92. The molecule has 0 bridgehead atoms. The number of likely N-dealkylation sites (tertiary alicyclic amines) is 1. The van der Waals surface area contributed by atoms with Crippen molar-refractivity contribution in [1.82, 2.24) is 20.0 Å². The number of nitrogens with zero attached hydrogens (tertiary/aromatic N) is 3. The van der Waals surface area contributed by atoms with Crippen LogP contribution in [0.3, 0.4) is 0 Å². The summed E-state index contributed by atoms with van der Waals surface area (Å²) in [6, 6.07) is 10.5. The van der Waals surface area contributed by atoms with E-state index in [-0.39, 0.29) is 5.91 Å². The van der Waals surface area contributed by atoms with Gasteiger partial charge >= 0.3 is 0 Å². The molecule has 1 amide bonds. The van der Waals surface area contributed by atoms with E-state index in [0.717, 1.165) is 31.2 Å². The lowest BCUT2D eigenvalue weighted by atomic mass is 10.1. The largest absolute Gasteiger partial charge is 0.493 e. The van der Waals surface area contributed by atoms with Crippen LogP contribution in [-0.2, 0) is 0 Å². The van der Waals surface area contributed by atoms with E-state index in [1.54, 1.807) is 18.0 Å². The molecule has 1 saturated heterocycles. The zero-order valence-electron chi connectivity index (χ0n) is 14.5. The topological polar surface area (TPSA) is 59.4 Å². The van der Waals surface area contributed by atoms with Crippen LogP contribution in [0.2, 0.25) is 0 Å². The van der Waals surface area contributed by atoms with Crippen molar-refractivity contribution in [3.8, 4) is 11.4 Å². The highest BCUT2D eigenvalue weighted by Gasteiger charge is 2.34. The first-order chi connectivity index (χ1) is 12.2. The van der Waals surface area contributed by atoms with Crippen molar-refractivity contribution >= 4 is 5.91 Å². The van der Waals surface area contributed by atoms with Crippen LogP contribution in [0.5, 0.6) is 5.75 Å². The van der Waals surface area contributed by atoms with Crippen molar-refractivity contribution in [1.29, 1.82) is 0 Å². The Morgan fingerprint density at radius 1 is 1.28 bits per heavy atom. The van der Waals surface area contributed by atoms with E-state index in [4.69, 9.17) is 4.74 Å². The number of benzene rings is 1. The van der Waals surface area contributed by atoms with Gasteiger partial charge in [-0.2, -0.15) is 5.10 Å². The van der Waals surface area contributed by atoms with Crippen molar-refractivity contribution in [2.24, 2.45) is 5.92 Å². The summed E-state index contributed by atoms with van der Waals surface area (Å²) in [6.07, 6.45) is 5.58. The van der Waals surface area contributed by atoms with Crippen LogP contribution < -0.4 is 10.1 Å². The third-order valence-electron chi connectivity index (χ3n) is 5.07. The maximum atomic E-state index is 12.6. The van der Waals surface area contributed by atoms with Crippen molar-refractivity contribution in [3.05, 3.63) is 42.2 Å². The molecule has 1 saturated carbocycles. The normalized spacial score (nSPS) is 20.6. The molecule has 1 aliphatic heterocycles. The van der Waals surface area contributed by atoms with Crippen molar-refractivity contribution in [3.63, 3.8) is 0 Å². The Hall–Kier alpha value is -2.34. The van der Waals surface area contributed by atoms with Gasteiger partial charge in [-0.3, -0.25) is 4.79 Å². The lowest BCUT2D eigenvalue weighted by Crippen LogP contribution is -2.32. The summed E-state index contributed by atoms with van der Waals surface area (Å²) in [4.78, 5) is 15.1. The first kappa shape index (κ1) is 16.1. The third kappa shape index (κ3) is 3.54. The Labute approximate surface area is 147 Å². The summed E-state index contributed by atoms with van der Waals surface area (Å²) in [5.74, 6) is 0.857. The smallest absolute Gasteiger partial charge is 0.275 e. The first-order valence-electron chi connectivity index (χ1n) is 8.96. The second-order valence-electron chi connectivity index (χ2n) is 6.92. The molecule has 25 heavy (non-hydrogen) atoms. The molecule has 1 aromatic heterocycles. The van der Waals surface area contributed by atoms with E-state index in [0.29, 0.717) is 23.9 Å². The van der Waals surface area contributed by atoms with E-state index >= 15 is 0 Å². The number of hydrogen-bond donors (Lipinski definition) is 1. The predicted molar refractivity (Wildman–Crippen MR) is 95.2 cm³/mol. The maximum Gasteiger partial charge on any atom is 0.275 e. The van der Waals surface area contributed by atoms with Crippen LogP contribution in [0.4, 0.5) is 0 Å². The Balaban J connectivity index is 1.40. The molecule has 6 nitrogen and oxygen atoms in total. The number of aromatic nitrogens is 2. The van der Waals surface area contributed by atoms with Gasteiger partial charge in [0.15, 0.2) is 11.4 Å². The fourth-order valence-electron chi connectivity index (χ4n) is 3.50. The average molecular weight is 340 g/mol. The highest BCUT2D eigenvalue weighted by Crippen LogP contribution is 2.31. The molecule has 1 N–H and O–H groups in total. The fraction of sp³-hybridized carbons (Fsp3) is 0.474. The number of methoxy groups -OCH3 is 1. The zero-order valence-corrected chi connectivity index (χ0v) is 14.5. The lowest BCUT2D eigenvalue weighted by molar-refractivity contribution is 0.0939. The van der Waals surface area contributed by atoms with E-state index in [1.165, 1.54) is 12.8 Å². The number of ether oxygens (including phenoxy) is 1. The second kappa shape index (κ2) is 6.88. The standard InChI is InChI=1S/C19H24N4O2/c1-25-17-13-23(16-5-3-2-4-6-16)21-18(17)19(24)20-11-14-9-10-22(12-14)15-7-8-15/h2-6,13-15H,7-12H2,1H3,(H,20,24). The van der Waals surface area contributed by atoms with Gasteiger partial charge in [0.25, 0.3) is 5.91 Å². The van der Waals surface area contributed by atoms with Crippen LogP contribution in [0, 0.1) is 5.92 Å². The third-order valence-corrected chi connectivity index (χ3v) is 5.07. The van der Waals surface area contributed by atoms with Crippen LogP contribution in [-0.4, -0.2) is 53.4 Å². The monoisotopic (exact) mass is 340 g/mol. The van der Waals surface area contributed by atoms with Gasteiger partial charge in [0.1, 0.15) is 0 Å². The summed E-state index contributed by atoms with van der Waals surface area (Å²) < 4.78 is 7.02. The number of amides is 1. The van der Waals surface area contributed by atoms with E-state index < -0.39 is 0 Å². The van der Waals surface area contributed by atoms with Crippen LogP contribution >= 0.6 is 0 Å². The number of para-hydroxylation sites is 1. The Morgan fingerprint density at radius 2 is 2.08 bits per heavy atom. The Bertz CT molecular complexity index is 739. The fourth-order valence-corrected chi connectivity index (χ4v) is 3.50. The summed E-state index contributed by atoms with van der Waals surface area (Å²) in [5.41, 5.74) is 1.24. The van der Waals surface area contributed by atoms with E-state index in [1.807, 2.05) is 30.3 Å². The number of hydrogen-bond acceptors (Lipinski definition) is 4. The molecule has 0 radical (unpaired) electrons. The molecule has 1 atom stereocenters. The molecule has 4 rings (SSSR count). The average Bonchev–Trinajstić information content (AvgIpc) is 3.23. The molecule has 1 aromatic carbocycles.